The maximum Gasteiger partial charge on any atom is 0.339 e. The minimum absolute atomic E-state index is 0.0854. The van der Waals surface area contributed by atoms with Crippen LogP contribution in [0, 0.1) is 0 Å². The zero-order chi connectivity index (χ0) is 16.3. The van der Waals surface area contributed by atoms with Crippen molar-refractivity contribution in [3.8, 4) is 5.75 Å². The third-order valence-electron chi connectivity index (χ3n) is 2.74. The molecule has 0 bridgehead atoms. The average Bonchev–Trinajstić information content (AvgIpc) is 2.48. The van der Waals surface area contributed by atoms with E-state index in [0.717, 1.165) is 12.1 Å². The fourth-order valence-corrected chi connectivity index (χ4v) is 1.73. The highest BCUT2D eigenvalue weighted by Gasteiger charge is 2.18. The van der Waals surface area contributed by atoms with E-state index in [2.05, 4.69) is 10.3 Å². The molecule has 4 N–H and O–H groups in total. The zero-order valence-electron chi connectivity index (χ0n) is 11.0. The van der Waals surface area contributed by atoms with Gasteiger partial charge in [-0.3, -0.25) is 9.78 Å². The van der Waals surface area contributed by atoms with E-state index in [-0.39, 0.29) is 16.9 Å². The van der Waals surface area contributed by atoms with E-state index in [1.807, 2.05) is 0 Å². The number of carbonyl (C=O) groups is 3. The van der Waals surface area contributed by atoms with Gasteiger partial charge in [0.05, 0.1) is 5.56 Å². The molecule has 8 nitrogen and oxygen atoms in total. The molecule has 8 heteroatoms. The van der Waals surface area contributed by atoms with Crippen LogP contribution >= 0.6 is 0 Å². The molecule has 0 atom stereocenters. The van der Waals surface area contributed by atoms with Gasteiger partial charge in [0.1, 0.15) is 17.0 Å². The molecule has 0 radical (unpaired) electrons. The molecule has 0 fully saturated rings. The number of aromatic hydroxyl groups is 1. The van der Waals surface area contributed by atoms with Gasteiger partial charge in [-0.15, -0.1) is 0 Å². The summed E-state index contributed by atoms with van der Waals surface area (Å²) in [7, 11) is 0. The number of anilines is 1. The van der Waals surface area contributed by atoms with Gasteiger partial charge < -0.3 is 20.6 Å². The lowest BCUT2D eigenvalue weighted by Crippen LogP contribution is -2.18. The van der Waals surface area contributed by atoms with E-state index in [0.29, 0.717) is 0 Å². The van der Waals surface area contributed by atoms with Crippen LogP contribution in [0.15, 0.2) is 36.5 Å². The van der Waals surface area contributed by atoms with E-state index in [4.69, 9.17) is 10.2 Å². The fraction of sp³-hybridized carbons (Fsp3) is 0. The summed E-state index contributed by atoms with van der Waals surface area (Å²) in [6, 6.07) is 6.05. The van der Waals surface area contributed by atoms with Crippen LogP contribution in [-0.2, 0) is 0 Å². The summed E-state index contributed by atoms with van der Waals surface area (Å²) >= 11 is 0. The minimum atomic E-state index is -1.36. The van der Waals surface area contributed by atoms with E-state index in [1.54, 1.807) is 0 Å². The van der Waals surface area contributed by atoms with Crippen LogP contribution in [0.25, 0.3) is 0 Å². The summed E-state index contributed by atoms with van der Waals surface area (Å²) in [5.41, 5.74) is -0.892. The van der Waals surface area contributed by atoms with Gasteiger partial charge >= 0.3 is 11.9 Å². The number of amides is 1. The van der Waals surface area contributed by atoms with Gasteiger partial charge in [-0.25, -0.2) is 9.59 Å². The van der Waals surface area contributed by atoms with Crippen molar-refractivity contribution in [3.63, 3.8) is 0 Å². The van der Waals surface area contributed by atoms with Crippen LogP contribution in [0.1, 0.15) is 31.2 Å². The highest BCUT2D eigenvalue weighted by atomic mass is 16.4. The Bertz CT molecular complexity index is 772. The van der Waals surface area contributed by atoms with Crippen molar-refractivity contribution in [2.24, 2.45) is 0 Å². The molecule has 22 heavy (non-hydrogen) atoms. The average molecular weight is 302 g/mol. The van der Waals surface area contributed by atoms with Crippen molar-refractivity contribution in [1.29, 1.82) is 0 Å². The van der Waals surface area contributed by atoms with Crippen molar-refractivity contribution < 1.29 is 29.7 Å². The minimum Gasteiger partial charge on any atom is -0.507 e. The molecule has 0 aliphatic rings. The van der Waals surface area contributed by atoms with Gasteiger partial charge in [0, 0.05) is 11.9 Å². The number of phenols is 1. The Morgan fingerprint density at radius 2 is 1.68 bits per heavy atom. The lowest BCUT2D eigenvalue weighted by Gasteiger charge is -2.08. The van der Waals surface area contributed by atoms with Crippen LogP contribution in [0.4, 0.5) is 5.69 Å². The number of benzene rings is 1. The van der Waals surface area contributed by atoms with E-state index in [9.17, 15) is 19.5 Å². The number of nitrogens with zero attached hydrogens (tertiary/aromatic N) is 1. The first-order valence-electron chi connectivity index (χ1n) is 5.96. The summed E-state index contributed by atoms with van der Waals surface area (Å²) in [6.45, 7) is 0. The third-order valence-corrected chi connectivity index (χ3v) is 2.74. The van der Waals surface area contributed by atoms with Crippen LogP contribution in [0.2, 0.25) is 0 Å². The normalized spacial score (nSPS) is 10.0. The quantitative estimate of drug-likeness (QED) is 0.627. The molecule has 1 aromatic heterocycles. The Morgan fingerprint density at radius 3 is 2.32 bits per heavy atom. The summed E-state index contributed by atoms with van der Waals surface area (Å²) < 4.78 is 0. The van der Waals surface area contributed by atoms with Gasteiger partial charge in [-0.05, 0) is 30.3 Å². The second kappa shape index (κ2) is 5.92. The molecule has 2 aromatic rings. The standard InChI is InChI=1S/C14H10N2O6/c17-10-4-3-7(6-9(10)14(21)22)16-12(18)11-8(13(19)20)2-1-5-15-11/h1-6,17H,(H,16,18)(H,19,20)(H,21,22). The number of aromatic carboxylic acids is 2. The number of pyridine rings is 1. The molecular formula is C14H10N2O6. The number of hydrogen-bond donors (Lipinski definition) is 4. The molecule has 0 aliphatic carbocycles. The predicted molar refractivity (Wildman–Crippen MR) is 74.2 cm³/mol. The number of carbonyl (C=O) groups excluding carboxylic acids is 1. The van der Waals surface area contributed by atoms with Crippen molar-refractivity contribution in [1.82, 2.24) is 4.98 Å². The maximum absolute atomic E-state index is 12.1. The van der Waals surface area contributed by atoms with Crippen molar-refractivity contribution in [2.75, 3.05) is 5.32 Å². The summed E-state index contributed by atoms with van der Waals surface area (Å²) in [5.74, 6) is -3.93. The molecule has 2 rings (SSSR count). The van der Waals surface area contributed by atoms with E-state index < -0.39 is 29.2 Å². The van der Waals surface area contributed by atoms with Gasteiger partial charge in [0.15, 0.2) is 0 Å². The number of carboxylic acid groups (broad SMARTS) is 2. The lowest BCUT2D eigenvalue weighted by atomic mass is 10.1. The number of nitrogens with one attached hydrogen (secondary N) is 1. The van der Waals surface area contributed by atoms with Crippen LogP contribution in [-0.4, -0.2) is 38.1 Å². The molecule has 0 unspecified atom stereocenters. The Labute approximate surface area is 123 Å². The third kappa shape index (κ3) is 3.01. The smallest absolute Gasteiger partial charge is 0.339 e. The Morgan fingerprint density at radius 1 is 1.00 bits per heavy atom. The van der Waals surface area contributed by atoms with Gasteiger partial charge in [-0.2, -0.15) is 0 Å². The Balaban J connectivity index is 2.32. The predicted octanol–water partition coefficient (Wildman–Crippen LogP) is 1.44. The highest BCUT2D eigenvalue weighted by Crippen LogP contribution is 2.22. The first-order valence-corrected chi connectivity index (χ1v) is 5.96. The highest BCUT2D eigenvalue weighted by molar-refractivity contribution is 6.09. The molecule has 1 aromatic carbocycles. The molecule has 112 valence electrons. The molecule has 0 aliphatic heterocycles. The van der Waals surface area contributed by atoms with Gasteiger partial charge in [0.25, 0.3) is 5.91 Å². The fourth-order valence-electron chi connectivity index (χ4n) is 1.73. The van der Waals surface area contributed by atoms with Crippen LogP contribution < -0.4 is 5.32 Å². The van der Waals surface area contributed by atoms with Crippen molar-refractivity contribution >= 4 is 23.5 Å². The molecule has 0 saturated heterocycles. The molecule has 0 spiro atoms. The van der Waals surface area contributed by atoms with Gasteiger partial charge in [0.2, 0.25) is 0 Å². The molecule has 1 amide bonds. The topological polar surface area (TPSA) is 137 Å². The summed E-state index contributed by atoms with van der Waals surface area (Å²) in [6.07, 6.45) is 1.26. The summed E-state index contributed by atoms with van der Waals surface area (Å²) in [4.78, 5) is 37.7. The second-order valence-corrected chi connectivity index (χ2v) is 4.20. The lowest BCUT2D eigenvalue weighted by molar-refractivity contribution is 0.0683. The molecule has 1 heterocycles. The van der Waals surface area contributed by atoms with Crippen molar-refractivity contribution in [2.45, 2.75) is 0 Å². The maximum atomic E-state index is 12.1. The second-order valence-electron chi connectivity index (χ2n) is 4.20. The number of rotatable bonds is 4. The van der Waals surface area contributed by atoms with Crippen molar-refractivity contribution in [3.05, 3.63) is 53.3 Å². The number of aromatic nitrogens is 1. The van der Waals surface area contributed by atoms with Gasteiger partial charge in [-0.1, -0.05) is 0 Å². The largest absolute Gasteiger partial charge is 0.507 e. The van der Waals surface area contributed by atoms with E-state index in [1.165, 1.54) is 24.4 Å². The van der Waals surface area contributed by atoms with E-state index >= 15 is 0 Å². The number of hydrogen-bond acceptors (Lipinski definition) is 5. The van der Waals surface area contributed by atoms with Crippen LogP contribution in [0.3, 0.4) is 0 Å². The SMILES string of the molecule is O=C(O)c1cc(NC(=O)c2ncccc2C(=O)O)ccc1O. The monoisotopic (exact) mass is 302 g/mol. The Hall–Kier alpha value is -3.42. The first-order chi connectivity index (χ1) is 10.4. The Kier molecular flexibility index (Phi) is 4.03. The molecular weight excluding hydrogens is 292 g/mol. The number of carboxylic acids is 2. The first kappa shape index (κ1) is 15.0. The zero-order valence-corrected chi connectivity index (χ0v) is 11.0. The van der Waals surface area contributed by atoms with Crippen LogP contribution in [0.5, 0.6) is 5.75 Å². The molecule has 0 saturated carbocycles. The summed E-state index contributed by atoms with van der Waals surface area (Å²) in [5, 5.41) is 29.6.